The first kappa shape index (κ1) is 25.9. The summed E-state index contributed by atoms with van der Waals surface area (Å²) >= 11 is 0. The van der Waals surface area contributed by atoms with Crippen molar-refractivity contribution < 1.29 is 14.3 Å². The largest absolute Gasteiger partial charge is 0.481 e. The van der Waals surface area contributed by atoms with Gasteiger partial charge in [0.2, 0.25) is 17.7 Å². The number of primary amides is 1. The number of rotatable bonds is 18. The second-order valence-electron chi connectivity index (χ2n) is 7.79. The number of hydrogen-bond donors (Lipinski definition) is 1. The van der Waals surface area contributed by atoms with Crippen molar-refractivity contribution in [2.24, 2.45) is 5.73 Å². The van der Waals surface area contributed by atoms with Crippen LogP contribution in [0, 0.1) is 0 Å². The maximum Gasteiger partial charge on any atom is 0.228 e. The molecule has 0 saturated carbocycles. The predicted molar refractivity (Wildman–Crippen MR) is 122 cm³/mol. The molecular weight excluding hydrogens is 378 g/mol. The highest BCUT2D eigenvalue weighted by Crippen LogP contribution is 2.24. The number of aromatic nitrogens is 2. The first-order chi connectivity index (χ1) is 14.6. The van der Waals surface area contributed by atoms with Gasteiger partial charge < -0.3 is 15.2 Å². The molecule has 0 radical (unpaired) electrons. The first-order valence-corrected chi connectivity index (χ1v) is 11.5. The lowest BCUT2D eigenvalue weighted by molar-refractivity contribution is -0.119. The highest BCUT2D eigenvalue weighted by molar-refractivity contribution is 5.80. The van der Waals surface area contributed by atoms with Crippen LogP contribution in [0.2, 0.25) is 0 Å². The fourth-order valence-electron chi connectivity index (χ4n) is 3.43. The molecule has 0 fully saturated rings. The summed E-state index contributed by atoms with van der Waals surface area (Å²) in [6, 6.07) is 1.58. The van der Waals surface area contributed by atoms with Crippen LogP contribution in [0.3, 0.4) is 0 Å². The summed E-state index contributed by atoms with van der Waals surface area (Å²) in [4.78, 5) is 20.5. The van der Waals surface area contributed by atoms with Crippen molar-refractivity contribution in [2.45, 2.75) is 96.3 Å². The number of nitrogens with zero attached hydrogens (tertiary/aromatic N) is 2. The summed E-state index contributed by atoms with van der Waals surface area (Å²) in [6.07, 6.45) is 20.0. The lowest BCUT2D eigenvalue weighted by atomic mass is 9.98. The summed E-state index contributed by atoms with van der Waals surface area (Å²) in [7, 11) is 3.04. The summed E-state index contributed by atoms with van der Waals surface area (Å²) in [5, 5.41) is 0. The van der Waals surface area contributed by atoms with Crippen LogP contribution in [0.1, 0.15) is 102 Å². The smallest absolute Gasteiger partial charge is 0.228 e. The van der Waals surface area contributed by atoms with Crippen LogP contribution < -0.4 is 15.2 Å². The molecule has 0 aliphatic heterocycles. The van der Waals surface area contributed by atoms with Gasteiger partial charge in [-0.05, 0) is 32.1 Å². The van der Waals surface area contributed by atoms with Crippen molar-refractivity contribution >= 4 is 5.91 Å². The number of allylic oxidation sites excluding steroid dienone is 2. The Morgan fingerprint density at radius 2 is 1.40 bits per heavy atom. The summed E-state index contributed by atoms with van der Waals surface area (Å²) < 4.78 is 10.3. The summed E-state index contributed by atoms with van der Waals surface area (Å²) in [5.74, 6) is 0.178. The number of amides is 1. The Morgan fingerprint density at radius 3 is 1.90 bits per heavy atom. The van der Waals surface area contributed by atoms with Crippen LogP contribution in [0.15, 0.2) is 18.2 Å². The van der Waals surface area contributed by atoms with Crippen molar-refractivity contribution in [2.75, 3.05) is 14.2 Å². The number of carbonyl (C=O) groups excluding carboxylic acids is 1. The number of hydrogen-bond acceptors (Lipinski definition) is 5. The van der Waals surface area contributed by atoms with E-state index in [1.165, 1.54) is 65.6 Å². The van der Waals surface area contributed by atoms with Crippen LogP contribution in [0.25, 0.3) is 0 Å². The van der Waals surface area contributed by atoms with Crippen molar-refractivity contribution in [1.82, 2.24) is 9.97 Å². The van der Waals surface area contributed by atoms with E-state index in [0.29, 0.717) is 24.0 Å². The van der Waals surface area contributed by atoms with Gasteiger partial charge in [0.1, 0.15) is 5.82 Å². The van der Waals surface area contributed by atoms with E-state index in [0.717, 1.165) is 25.7 Å². The van der Waals surface area contributed by atoms with Crippen LogP contribution in [-0.4, -0.2) is 30.1 Å². The Labute approximate surface area is 182 Å². The quantitative estimate of drug-likeness (QED) is 0.243. The molecule has 1 rings (SSSR count). The number of nitrogens with two attached hydrogens (primary N) is 1. The fourth-order valence-corrected chi connectivity index (χ4v) is 3.43. The van der Waals surface area contributed by atoms with E-state index in [-0.39, 0.29) is 0 Å². The van der Waals surface area contributed by atoms with Crippen LogP contribution in [0.5, 0.6) is 11.8 Å². The Kier molecular flexibility index (Phi) is 14.4. The number of carbonyl (C=O) groups is 1. The van der Waals surface area contributed by atoms with E-state index in [1.54, 1.807) is 6.07 Å². The third-order valence-corrected chi connectivity index (χ3v) is 5.27. The Bertz CT molecular complexity index is 597. The van der Waals surface area contributed by atoms with E-state index in [9.17, 15) is 4.79 Å². The number of ether oxygens (including phenoxy) is 2. The zero-order valence-corrected chi connectivity index (χ0v) is 19.2. The van der Waals surface area contributed by atoms with E-state index in [2.05, 4.69) is 29.0 Å². The average Bonchev–Trinajstić information content (AvgIpc) is 2.75. The minimum Gasteiger partial charge on any atom is -0.481 e. The average molecular weight is 420 g/mol. The Hall–Kier alpha value is -2.11. The van der Waals surface area contributed by atoms with E-state index >= 15 is 0 Å². The van der Waals surface area contributed by atoms with Gasteiger partial charge in [0.15, 0.2) is 0 Å². The lowest BCUT2D eigenvalue weighted by Crippen LogP contribution is -2.23. The van der Waals surface area contributed by atoms with Gasteiger partial charge in [0, 0.05) is 0 Å². The minimum atomic E-state index is -0.522. The molecule has 1 heterocycles. The molecule has 0 aliphatic carbocycles. The molecule has 30 heavy (non-hydrogen) atoms. The molecule has 6 heteroatoms. The molecule has 0 saturated heterocycles. The van der Waals surface area contributed by atoms with Crippen molar-refractivity contribution in [1.29, 1.82) is 0 Å². The maximum atomic E-state index is 11.9. The third kappa shape index (κ3) is 11.2. The van der Waals surface area contributed by atoms with Gasteiger partial charge in [0.05, 0.1) is 26.2 Å². The van der Waals surface area contributed by atoms with Crippen LogP contribution >= 0.6 is 0 Å². The summed E-state index contributed by atoms with van der Waals surface area (Å²) in [6.45, 7) is 2.26. The molecule has 2 N–H and O–H groups in total. The lowest BCUT2D eigenvalue weighted by Gasteiger charge is -2.13. The SMILES string of the molecule is CCCCCCCC/C=C/CCCCCCC(C(N)=O)c1nc(OC)cc(OC)n1. The van der Waals surface area contributed by atoms with Gasteiger partial charge in [-0.2, -0.15) is 9.97 Å². The van der Waals surface area contributed by atoms with Crippen molar-refractivity contribution in [3.8, 4) is 11.8 Å². The topological polar surface area (TPSA) is 87.3 Å². The normalized spacial score (nSPS) is 12.2. The monoisotopic (exact) mass is 419 g/mol. The molecule has 1 aromatic heterocycles. The predicted octanol–water partition coefficient (Wildman–Crippen LogP) is 5.71. The Balaban J connectivity index is 2.22. The van der Waals surface area contributed by atoms with Gasteiger partial charge in [0.25, 0.3) is 0 Å². The highest BCUT2D eigenvalue weighted by atomic mass is 16.5. The van der Waals surface area contributed by atoms with Gasteiger partial charge in [-0.15, -0.1) is 0 Å². The molecule has 170 valence electrons. The molecule has 1 unspecified atom stereocenters. The second-order valence-corrected chi connectivity index (χ2v) is 7.79. The maximum absolute atomic E-state index is 11.9. The number of methoxy groups -OCH3 is 2. The van der Waals surface area contributed by atoms with E-state index in [1.807, 2.05) is 0 Å². The second kappa shape index (κ2) is 16.7. The van der Waals surface area contributed by atoms with Crippen molar-refractivity contribution in [3.63, 3.8) is 0 Å². The van der Waals surface area contributed by atoms with E-state index in [4.69, 9.17) is 15.2 Å². The Morgan fingerprint density at radius 1 is 0.900 bits per heavy atom. The van der Waals surface area contributed by atoms with Gasteiger partial charge >= 0.3 is 0 Å². The molecule has 0 aromatic carbocycles. The molecular formula is C24H41N3O3. The molecule has 1 aromatic rings. The highest BCUT2D eigenvalue weighted by Gasteiger charge is 2.22. The van der Waals surface area contributed by atoms with Gasteiger partial charge in [-0.3, -0.25) is 4.79 Å². The molecule has 0 bridgehead atoms. The molecule has 0 spiro atoms. The van der Waals surface area contributed by atoms with Crippen molar-refractivity contribution in [3.05, 3.63) is 24.0 Å². The summed E-state index contributed by atoms with van der Waals surface area (Å²) in [5.41, 5.74) is 5.60. The molecule has 1 amide bonds. The van der Waals surface area contributed by atoms with Gasteiger partial charge in [-0.1, -0.05) is 70.4 Å². The van der Waals surface area contributed by atoms with Crippen LogP contribution in [0.4, 0.5) is 0 Å². The third-order valence-electron chi connectivity index (χ3n) is 5.27. The molecule has 0 aliphatic rings. The van der Waals surface area contributed by atoms with E-state index < -0.39 is 11.8 Å². The zero-order chi connectivity index (χ0) is 22.0. The first-order valence-electron chi connectivity index (χ1n) is 11.5. The zero-order valence-electron chi connectivity index (χ0n) is 19.2. The molecule has 1 atom stereocenters. The minimum absolute atomic E-state index is 0.371. The van der Waals surface area contributed by atoms with Crippen LogP contribution in [-0.2, 0) is 4.79 Å². The number of unbranched alkanes of at least 4 members (excludes halogenated alkanes) is 10. The standard InChI is InChI=1S/C24H41N3O3/c1-4-5-6-7-8-9-10-11-12-13-14-15-16-17-18-20(23(25)28)24-26-21(29-2)19-22(27-24)30-3/h11-12,19-20H,4-10,13-18H2,1-3H3,(H2,25,28)/b12-11+. The fraction of sp³-hybridized carbons (Fsp3) is 0.708. The van der Waals surface area contributed by atoms with Gasteiger partial charge in [-0.25, -0.2) is 0 Å². The molecule has 6 nitrogen and oxygen atoms in total.